The Morgan fingerprint density at radius 1 is 1.40 bits per heavy atom. The molecular weight excluding hydrogens is 258 g/mol. The standard InChI is InChI=1S/C14H15N3O3/c1-9-3-4-11(10(7-9)14(19)20)16-13(18)8-12-15-5-6-17(12)2/h3-7H,8H2,1-2H3,(H,16,18)(H,19,20). The van der Waals surface area contributed by atoms with Gasteiger partial charge in [-0.2, -0.15) is 0 Å². The average Bonchev–Trinajstić information content (AvgIpc) is 2.77. The molecule has 0 atom stereocenters. The Labute approximate surface area is 116 Å². The van der Waals surface area contributed by atoms with Gasteiger partial charge in [-0.1, -0.05) is 11.6 Å². The normalized spacial score (nSPS) is 10.3. The third-order valence-corrected chi connectivity index (χ3v) is 2.92. The maximum absolute atomic E-state index is 11.9. The maximum atomic E-state index is 11.9. The van der Waals surface area contributed by atoms with Crippen molar-refractivity contribution in [1.29, 1.82) is 0 Å². The van der Waals surface area contributed by atoms with Crippen molar-refractivity contribution in [3.63, 3.8) is 0 Å². The number of carbonyl (C=O) groups is 2. The first kappa shape index (κ1) is 13.8. The number of amides is 1. The topological polar surface area (TPSA) is 84.2 Å². The molecule has 1 amide bonds. The summed E-state index contributed by atoms with van der Waals surface area (Å²) in [6, 6.07) is 4.87. The third kappa shape index (κ3) is 3.03. The quantitative estimate of drug-likeness (QED) is 0.886. The van der Waals surface area contributed by atoms with Gasteiger partial charge in [0.1, 0.15) is 5.82 Å². The molecule has 0 radical (unpaired) electrons. The summed E-state index contributed by atoms with van der Waals surface area (Å²) in [5.41, 5.74) is 1.20. The zero-order valence-electron chi connectivity index (χ0n) is 11.3. The Morgan fingerprint density at radius 2 is 2.15 bits per heavy atom. The highest BCUT2D eigenvalue weighted by Crippen LogP contribution is 2.17. The number of aromatic nitrogens is 2. The fourth-order valence-electron chi connectivity index (χ4n) is 1.85. The van der Waals surface area contributed by atoms with E-state index in [2.05, 4.69) is 10.3 Å². The van der Waals surface area contributed by atoms with Crippen LogP contribution in [0, 0.1) is 6.92 Å². The minimum Gasteiger partial charge on any atom is -0.478 e. The van der Waals surface area contributed by atoms with Crippen LogP contribution in [-0.4, -0.2) is 26.5 Å². The lowest BCUT2D eigenvalue weighted by Gasteiger charge is -2.09. The van der Waals surface area contributed by atoms with Gasteiger partial charge in [-0.25, -0.2) is 9.78 Å². The van der Waals surface area contributed by atoms with Gasteiger partial charge in [-0.15, -0.1) is 0 Å². The van der Waals surface area contributed by atoms with Crippen molar-refractivity contribution in [2.45, 2.75) is 13.3 Å². The Balaban J connectivity index is 2.16. The van der Waals surface area contributed by atoms with Crippen molar-refractivity contribution in [3.8, 4) is 0 Å². The van der Waals surface area contributed by atoms with E-state index in [4.69, 9.17) is 5.11 Å². The van der Waals surface area contributed by atoms with Gasteiger partial charge < -0.3 is 15.0 Å². The molecule has 6 nitrogen and oxygen atoms in total. The van der Waals surface area contributed by atoms with Gasteiger partial charge >= 0.3 is 5.97 Å². The number of carbonyl (C=O) groups excluding carboxylic acids is 1. The first-order valence-electron chi connectivity index (χ1n) is 6.07. The first-order valence-corrected chi connectivity index (χ1v) is 6.07. The molecule has 1 aromatic heterocycles. The Morgan fingerprint density at radius 3 is 2.75 bits per heavy atom. The van der Waals surface area contributed by atoms with Gasteiger partial charge in [0.2, 0.25) is 5.91 Å². The zero-order valence-corrected chi connectivity index (χ0v) is 11.3. The zero-order chi connectivity index (χ0) is 14.7. The fraction of sp³-hybridized carbons (Fsp3) is 0.214. The Kier molecular flexibility index (Phi) is 3.84. The molecule has 0 aliphatic heterocycles. The van der Waals surface area contributed by atoms with Gasteiger partial charge in [-0.05, 0) is 19.1 Å². The summed E-state index contributed by atoms with van der Waals surface area (Å²) in [5, 5.41) is 11.7. The molecule has 6 heteroatoms. The summed E-state index contributed by atoms with van der Waals surface area (Å²) in [6.45, 7) is 1.80. The van der Waals surface area contributed by atoms with Gasteiger partial charge in [-0.3, -0.25) is 4.79 Å². The fourth-order valence-corrected chi connectivity index (χ4v) is 1.85. The van der Waals surface area contributed by atoms with Gasteiger partial charge in [0.25, 0.3) is 0 Å². The minimum atomic E-state index is -1.07. The summed E-state index contributed by atoms with van der Waals surface area (Å²) in [5.74, 6) is -0.752. The Bertz CT molecular complexity index is 661. The third-order valence-electron chi connectivity index (χ3n) is 2.92. The van der Waals surface area contributed by atoms with Gasteiger partial charge in [0, 0.05) is 19.4 Å². The number of rotatable bonds is 4. The molecule has 1 aromatic carbocycles. The van der Waals surface area contributed by atoms with Gasteiger partial charge in [0.15, 0.2) is 0 Å². The van der Waals surface area contributed by atoms with E-state index < -0.39 is 5.97 Å². The minimum absolute atomic E-state index is 0.0817. The molecule has 0 saturated carbocycles. The van der Waals surface area contributed by atoms with Crippen LogP contribution < -0.4 is 5.32 Å². The van der Waals surface area contributed by atoms with Crippen molar-refractivity contribution >= 4 is 17.6 Å². The second kappa shape index (κ2) is 5.56. The van der Waals surface area contributed by atoms with Crippen molar-refractivity contribution in [2.75, 3.05) is 5.32 Å². The predicted octanol–water partition coefficient (Wildman–Crippen LogP) is 1.61. The number of nitrogens with zero attached hydrogens (tertiary/aromatic N) is 2. The van der Waals surface area contributed by atoms with Crippen LogP contribution in [0.25, 0.3) is 0 Å². The molecule has 0 fully saturated rings. The monoisotopic (exact) mass is 273 g/mol. The Hall–Kier alpha value is -2.63. The van der Waals surface area contributed by atoms with Crippen molar-refractivity contribution in [1.82, 2.24) is 9.55 Å². The van der Waals surface area contributed by atoms with Crippen LogP contribution in [0.4, 0.5) is 5.69 Å². The van der Waals surface area contributed by atoms with Crippen LogP contribution in [0.2, 0.25) is 0 Å². The van der Waals surface area contributed by atoms with E-state index in [1.165, 1.54) is 6.07 Å². The lowest BCUT2D eigenvalue weighted by molar-refractivity contribution is -0.115. The van der Waals surface area contributed by atoms with Crippen molar-refractivity contribution < 1.29 is 14.7 Å². The van der Waals surface area contributed by atoms with Crippen molar-refractivity contribution in [2.24, 2.45) is 7.05 Å². The lowest BCUT2D eigenvalue weighted by atomic mass is 10.1. The van der Waals surface area contributed by atoms with Crippen LogP contribution in [-0.2, 0) is 18.3 Å². The van der Waals surface area contributed by atoms with E-state index in [0.717, 1.165) is 5.56 Å². The van der Waals surface area contributed by atoms with Gasteiger partial charge in [0.05, 0.1) is 17.7 Å². The average molecular weight is 273 g/mol. The van der Waals surface area contributed by atoms with E-state index in [9.17, 15) is 9.59 Å². The summed E-state index contributed by atoms with van der Waals surface area (Å²) < 4.78 is 1.74. The second-order valence-electron chi connectivity index (χ2n) is 4.53. The molecule has 0 saturated heterocycles. The molecule has 1 heterocycles. The summed E-state index contributed by atoms with van der Waals surface area (Å²) in [4.78, 5) is 27.1. The SMILES string of the molecule is Cc1ccc(NC(=O)Cc2nccn2C)c(C(=O)O)c1. The van der Waals surface area contributed by atoms with E-state index in [1.807, 2.05) is 0 Å². The molecule has 0 aliphatic rings. The van der Waals surface area contributed by atoms with Crippen LogP contribution >= 0.6 is 0 Å². The molecular formula is C14H15N3O3. The molecule has 104 valence electrons. The smallest absolute Gasteiger partial charge is 0.337 e. The summed E-state index contributed by atoms with van der Waals surface area (Å²) >= 11 is 0. The number of carboxylic acids is 1. The molecule has 0 spiro atoms. The predicted molar refractivity (Wildman–Crippen MR) is 73.7 cm³/mol. The molecule has 0 unspecified atom stereocenters. The summed E-state index contributed by atoms with van der Waals surface area (Å²) in [6.07, 6.45) is 3.45. The van der Waals surface area contributed by atoms with E-state index in [-0.39, 0.29) is 17.9 Å². The van der Waals surface area contributed by atoms with Crippen LogP contribution in [0.15, 0.2) is 30.6 Å². The first-order chi connectivity index (χ1) is 9.47. The maximum Gasteiger partial charge on any atom is 0.337 e. The number of aromatic carboxylic acids is 1. The number of hydrogen-bond donors (Lipinski definition) is 2. The number of aryl methyl sites for hydroxylation is 2. The second-order valence-corrected chi connectivity index (χ2v) is 4.53. The number of benzene rings is 1. The highest BCUT2D eigenvalue weighted by molar-refractivity contribution is 6.01. The highest BCUT2D eigenvalue weighted by atomic mass is 16.4. The largest absolute Gasteiger partial charge is 0.478 e. The lowest BCUT2D eigenvalue weighted by Crippen LogP contribution is -2.18. The number of hydrogen-bond acceptors (Lipinski definition) is 3. The molecule has 2 N–H and O–H groups in total. The summed E-state index contributed by atoms with van der Waals surface area (Å²) in [7, 11) is 1.80. The van der Waals surface area contributed by atoms with E-state index in [0.29, 0.717) is 11.5 Å². The molecule has 2 aromatic rings. The molecule has 20 heavy (non-hydrogen) atoms. The molecule has 0 bridgehead atoms. The van der Waals surface area contributed by atoms with E-state index in [1.54, 1.807) is 43.1 Å². The molecule has 2 rings (SSSR count). The number of anilines is 1. The molecule has 0 aliphatic carbocycles. The number of nitrogens with one attached hydrogen (secondary N) is 1. The van der Waals surface area contributed by atoms with Crippen molar-refractivity contribution in [3.05, 3.63) is 47.5 Å². The van der Waals surface area contributed by atoms with E-state index >= 15 is 0 Å². The number of imidazole rings is 1. The van der Waals surface area contributed by atoms with Crippen LogP contribution in [0.1, 0.15) is 21.7 Å². The number of carboxylic acid groups (broad SMARTS) is 1. The van der Waals surface area contributed by atoms with Crippen LogP contribution in [0.5, 0.6) is 0 Å². The highest BCUT2D eigenvalue weighted by Gasteiger charge is 2.14. The van der Waals surface area contributed by atoms with Crippen LogP contribution in [0.3, 0.4) is 0 Å².